The van der Waals surface area contributed by atoms with Gasteiger partial charge < -0.3 is 5.73 Å². The Labute approximate surface area is 125 Å². The monoisotopic (exact) mass is 286 g/mol. The summed E-state index contributed by atoms with van der Waals surface area (Å²) in [5, 5.41) is 0. The Hall–Kier alpha value is -1.68. The molecule has 0 spiro atoms. The van der Waals surface area contributed by atoms with E-state index in [-0.39, 0.29) is 17.9 Å². The van der Waals surface area contributed by atoms with Crippen molar-refractivity contribution in [3.05, 3.63) is 35.4 Å². The topological polar surface area (TPSA) is 63.4 Å². The van der Waals surface area contributed by atoms with Gasteiger partial charge in [0.15, 0.2) is 0 Å². The maximum Gasteiger partial charge on any atom is 0.261 e. The van der Waals surface area contributed by atoms with Gasteiger partial charge in [0, 0.05) is 12.6 Å². The van der Waals surface area contributed by atoms with Gasteiger partial charge in [-0.3, -0.25) is 14.5 Å². The summed E-state index contributed by atoms with van der Waals surface area (Å²) in [5.74, 6) is 0.258. The van der Waals surface area contributed by atoms with E-state index in [0.717, 1.165) is 6.42 Å². The fraction of sp³-hybridized carbons (Fsp3) is 0.529. The molecule has 1 aliphatic carbocycles. The molecule has 2 aliphatic rings. The summed E-state index contributed by atoms with van der Waals surface area (Å²) in [6.45, 7) is 0.336. The quantitative estimate of drug-likeness (QED) is 0.865. The van der Waals surface area contributed by atoms with Gasteiger partial charge in [-0.05, 0) is 24.5 Å². The number of nitrogens with zero attached hydrogens (tertiary/aromatic N) is 1. The minimum atomic E-state index is -0.199. The number of benzene rings is 1. The first-order valence-corrected chi connectivity index (χ1v) is 7.87. The number of amides is 2. The van der Waals surface area contributed by atoms with Crippen molar-refractivity contribution < 1.29 is 9.59 Å². The van der Waals surface area contributed by atoms with Gasteiger partial charge in [-0.25, -0.2) is 0 Å². The average Bonchev–Trinajstić information content (AvgIpc) is 2.74. The van der Waals surface area contributed by atoms with Crippen molar-refractivity contribution in [1.82, 2.24) is 4.90 Å². The molecule has 0 bridgehead atoms. The summed E-state index contributed by atoms with van der Waals surface area (Å²) in [6, 6.07) is 6.88. The molecule has 4 nitrogen and oxygen atoms in total. The van der Waals surface area contributed by atoms with E-state index < -0.39 is 0 Å². The molecule has 1 heterocycles. The Bertz CT molecular complexity index is 514. The third kappa shape index (κ3) is 2.86. The molecule has 1 saturated carbocycles. The molecule has 2 N–H and O–H groups in total. The summed E-state index contributed by atoms with van der Waals surface area (Å²) < 4.78 is 0. The van der Waals surface area contributed by atoms with Crippen LogP contribution in [-0.2, 0) is 0 Å². The van der Waals surface area contributed by atoms with E-state index >= 15 is 0 Å². The zero-order valence-corrected chi connectivity index (χ0v) is 12.3. The smallest absolute Gasteiger partial charge is 0.261 e. The largest absolute Gasteiger partial charge is 0.326 e. The highest BCUT2D eigenvalue weighted by Crippen LogP contribution is 2.28. The molecule has 1 aromatic rings. The second kappa shape index (κ2) is 5.98. The molecule has 112 valence electrons. The highest BCUT2D eigenvalue weighted by atomic mass is 16.2. The predicted octanol–water partition coefficient (Wildman–Crippen LogP) is 2.58. The van der Waals surface area contributed by atoms with Crippen LogP contribution in [0.4, 0.5) is 0 Å². The Kier molecular flexibility index (Phi) is 4.06. The van der Waals surface area contributed by atoms with Crippen LogP contribution in [0.1, 0.15) is 59.2 Å². The fourth-order valence-corrected chi connectivity index (χ4v) is 3.56. The van der Waals surface area contributed by atoms with Gasteiger partial charge in [0.2, 0.25) is 0 Å². The number of rotatable bonds is 4. The Morgan fingerprint density at radius 1 is 1.05 bits per heavy atom. The van der Waals surface area contributed by atoms with Gasteiger partial charge in [-0.15, -0.1) is 0 Å². The summed E-state index contributed by atoms with van der Waals surface area (Å²) in [7, 11) is 0. The molecule has 1 aromatic carbocycles. The highest BCUT2D eigenvalue weighted by molar-refractivity contribution is 6.21. The van der Waals surface area contributed by atoms with Crippen molar-refractivity contribution in [2.75, 3.05) is 6.54 Å². The maximum absolute atomic E-state index is 12.3. The van der Waals surface area contributed by atoms with Crippen molar-refractivity contribution in [3.63, 3.8) is 0 Å². The van der Waals surface area contributed by atoms with Crippen molar-refractivity contribution >= 4 is 11.8 Å². The van der Waals surface area contributed by atoms with Crippen molar-refractivity contribution in [1.29, 1.82) is 0 Å². The zero-order valence-electron chi connectivity index (χ0n) is 12.3. The lowest BCUT2D eigenvalue weighted by Gasteiger charge is -2.26. The molecule has 21 heavy (non-hydrogen) atoms. The lowest BCUT2D eigenvalue weighted by atomic mass is 9.85. The molecule has 0 aromatic heterocycles. The molecule has 1 fully saturated rings. The van der Waals surface area contributed by atoms with Crippen molar-refractivity contribution in [2.45, 2.75) is 44.6 Å². The first-order valence-electron chi connectivity index (χ1n) is 7.87. The first kappa shape index (κ1) is 14.3. The summed E-state index contributed by atoms with van der Waals surface area (Å²) in [6.07, 6.45) is 7.26. The number of fused-ring (bicyclic) bond motifs is 1. The van der Waals surface area contributed by atoms with E-state index in [4.69, 9.17) is 5.73 Å². The highest BCUT2D eigenvalue weighted by Gasteiger charge is 2.36. The van der Waals surface area contributed by atoms with Crippen LogP contribution >= 0.6 is 0 Å². The number of imide groups is 1. The Morgan fingerprint density at radius 3 is 2.19 bits per heavy atom. The normalized spacial score (nSPS) is 20.7. The van der Waals surface area contributed by atoms with Crippen molar-refractivity contribution in [2.24, 2.45) is 11.7 Å². The maximum atomic E-state index is 12.3. The third-order valence-corrected chi connectivity index (χ3v) is 4.66. The lowest BCUT2D eigenvalue weighted by molar-refractivity contribution is 0.0639. The standard InChI is InChI=1S/C17H22N2O2/c18-13(10-12-6-2-1-3-7-12)11-19-16(20)14-8-4-5-9-15(14)17(19)21/h4-5,8-9,12-13H,1-3,6-7,10-11,18H2. The molecule has 0 radical (unpaired) electrons. The van der Waals surface area contributed by atoms with Gasteiger partial charge in [-0.2, -0.15) is 0 Å². The predicted molar refractivity (Wildman–Crippen MR) is 81.0 cm³/mol. The van der Waals surface area contributed by atoms with Crippen LogP contribution in [0, 0.1) is 5.92 Å². The number of hydrogen-bond donors (Lipinski definition) is 1. The number of carbonyl (C=O) groups is 2. The van der Waals surface area contributed by atoms with Gasteiger partial charge in [0.25, 0.3) is 11.8 Å². The first-order chi connectivity index (χ1) is 10.2. The minimum absolute atomic E-state index is 0.115. The second-order valence-electron chi connectivity index (χ2n) is 6.27. The van der Waals surface area contributed by atoms with Gasteiger partial charge in [0.1, 0.15) is 0 Å². The molecule has 3 rings (SSSR count). The molecule has 4 heteroatoms. The lowest BCUT2D eigenvalue weighted by Crippen LogP contribution is -2.41. The van der Waals surface area contributed by atoms with E-state index in [1.54, 1.807) is 24.3 Å². The van der Waals surface area contributed by atoms with Crippen LogP contribution in [0.3, 0.4) is 0 Å². The van der Waals surface area contributed by atoms with Crippen LogP contribution in [0.15, 0.2) is 24.3 Å². The molecule has 0 saturated heterocycles. The van der Waals surface area contributed by atoms with Gasteiger partial charge >= 0.3 is 0 Å². The van der Waals surface area contributed by atoms with Crippen LogP contribution in [0.5, 0.6) is 0 Å². The number of hydrogen-bond acceptors (Lipinski definition) is 3. The van der Waals surface area contributed by atoms with E-state index in [1.807, 2.05) is 0 Å². The van der Waals surface area contributed by atoms with Crippen LogP contribution in [0.25, 0.3) is 0 Å². The van der Waals surface area contributed by atoms with E-state index in [0.29, 0.717) is 23.6 Å². The number of nitrogens with two attached hydrogens (primary N) is 1. The van der Waals surface area contributed by atoms with Crippen molar-refractivity contribution in [3.8, 4) is 0 Å². The fourth-order valence-electron chi connectivity index (χ4n) is 3.56. The molecule has 1 atom stereocenters. The Morgan fingerprint density at radius 2 is 1.62 bits per heavy atom. The van der Waals surface area contributed by atoms with Gasteiger partial charge in [-0.1, -0.05) is 44.2 Å². The molecular formula is C17H22N2O2. The minimum Gasteiger partial charge on any atom is -0.326 e. The van der Waals surface area contributed by atoms with E-state index in [2.05, 4.69) is 0 Å². The molecule has 2 amide bonds. The summed E-state index contributed by atoms with van der Waals surface area (Å²) >= 11 is 0. The molecular weight excluding hydrogens is 264 g/mol. The van der Waals surface area contributed by atoms with Crippen LogP contribution in [-0.4, -0.2) is 29.3 Å². The summed E-state index contributed by atoms with van der Waals surface area (Å²) in [4.78, 5) is 25.9. The second-order valence-corrected chi connectivity index (χ2v) is 6.27. The number of carbonyl (C=O) groups excluding carboxylic acids is 2. The Balaban J connectivity index is 1.63. The third-order valence-electron chi connectivity index (χ3n) is 4.66. The SMILES string of the molecule is NC(CC1CCCCC1)CN1C(=O)c2ccccc2C1=O. The zero-order chi connectivity index (χ0) is 14.8. The average molecular weight is 286 g/mol. The summed E-state index contributed by atoms with van der Waals surface area (Å²) in [5.41, 5.74) is 7.21. The molecule has 1 unspecified atom stereocenters. The van der Waals surface area contributed by atoms with Gasteiger partial charge in [0.05, 0.1) is 11.1 Å². The van der Waals surface area contributed by atoms with Crippen LogP contribution in [0.2, 0.25) is 0 Å². The van der Waals surface area contributed by atoms with E-state index in [9.17, 15) is 9.59 Å². The van der Waals surface area contributed by atoms with Crippen LogP contribution < -0.4 is 5.73 Å². The molecule has 1 aliphatic heterocycles. The van der Waals surface area contributed by atoms with E-state index in [1.165, 1.54) is 37.0 Å².